The summed E-state index contributed by atoms with van der Waals surface area (Å²) in [5.74, 6) is 0.509. The first kappa shape index (κ1) is 12.9. The van der Waals surface area contributed by atoms with Gasteiger partial charge in [0.1, 0.15) is 10.9 Å². The highest BCUT2D eigenvalue weighted by Crippen LogP contribution is 2.34. The Morgan fingerprint density at radius 1 is 1.24 bits per heavy atom. The van der Waals surface area contributed by atoms with E-state index in [-0.39, 0.29) is 11.8 Å². The first-order valence-electron chi connectivity index (χ1n) is 4.49. The predicted octanol–water partition coefficient (Wildman–Crippen LogP) is 4.39. The van der Waals surface area contributed by atoms with Gasteiger partial charge in [0, 0.05) is 6.07 Å². The van der Waals surface area contributed by atoms with E-state index in [1.165, 1.54) is 11.3 Å². The largest absolute Gasteiger partial charge is 0.431 e. The highest BCUT2D eigenvalue weighted by atomic mass is 35.5. The van der Waals surface area contributed by atoms with Crippen LogP contribution in [0.15, 0.2) is 18.2 Å². The Bertz CT molecular complexity index is 544. The van der Waals surface area contributed by atoms with Crippen LogP contribution in [-0.2, 0) is 6.61 Å². The molecule has 0 fully saturated rings. The highest BCUT2D eigenvalue weighted by Gasteiger charge is 2.10. The Hall–Kier alpha value is -0.520. The summed E-state index contributed by atoms with van der Waals surface area (Å²) >= 11 is 18.6. The van der Waals surface area contributed by atoms with Gasteiger partial charge in [-0.3, -0.25) is 0 Å². The van der Waals surface area contributed by atoms with Gasteiger partial charge in [0.2, 0.25) is 0 Å². The van der Waals surface area contributed by atoms with Crippen LogP contribution in [0.1, 0.15) is 4.88 Å². The normalized spacial score (nSPS) is 10.6. The van der Waals surface area contributed by atoms with Crippen molar-refractivity contribution in [3.63, 3.8) is 0 Å². The smallest absolute Gasteiger partial charge is 0.280 e. The van der Waals surface area contributed by atoms with Gasteiger partial charge in [0.15, 0.2) is 0 Å². The van der Waals surface area contributed by atoms with Crippen LogP contribution in [0.5, 0.6) is 10.9 Å². The Kier molecular flexibility index (Phi) is 4.12. The first-order valence-corrected chi connectivity index (χ1v) is 6.44. The summed E-state index contributed by atoms with van der Waals surface area (Å²) in [6.45, 7) is -0.165. The third-order valence-corrected chi connectivity index (χ3v) is 3.95. The minimum absolute atomic E-state index is 0.165. The van der Waals surface area contributed by atoms with Crippen LogP contribution in [0.25, 0.3) is 0 Å². The molecular weight excluding hydrogens is 305 g/mol. The number of ether oxygens (including phenoxy) is 1. The molecule has 0 atom stereocenters. The van der Waals surface area contributed by atoms with E-state index in [1.54, 1.807) is 18.2 Å². The van der Waals surface area contributed by atoms with E-state index in [0.717, 1.165) is 0 Å². The number of aliphatic hydroxyl groups excluding tert-OH is 1. The van der Waals surface area contributed by atoms with Gasteiger partial charge in [-0.1, -0.05) is 46.1 Å². The lowest BCUT2D eigenvalue weighted by Crippen LogP contribution is -1.82. The van der Waals surface area contributed by atoms with Crippen molar-refractivity contribution >= 4 is 46.1 Å². The van der Waals surface area contributed by atoms with Gasteiger partial charge in [0.25, 0.3) is 5.19 Å². The maximum atomic E-state index is 8.97. The number of rotatable bonds is 3. The van der Waals surface area contributed by atoms with Gasteiger partial charge in [-0.2, -0.15) is 4.98 Å². The van der Waals surface area contributed by atoms with Gasteiger partial charge in [0.05, 0.1) is 21.5 Å². The first-order chi connectivity index (χ1) is 8.10. The standard InChI is InChI=1S/C10H6Cl3NO2S/c11-6-2-1-5(3-7(6)12)16-10-14-9(13)8(4-15)17-10/h1-3,15H,4H2. The summed E-state index contributed by atoms with van der Waals surface area (Å²) in [5.41, 5.74) is 0. The Morgan fingerprint density at radius 2 is 2.00 bits per heavy atom. The summed E-state index contributed by atoms with van der Waals surface area (Å²) in [7, 11) is 0. The van der Waals surface area contributed by atoms with Crippen LogP contribution in [0.3, 0.4) is 0 Å². The van der Waals surface area contributed by atoms with Crippen molar-refractivity contribution in [2.45, 2.75) is 6.61 Å². The Morgan fingerprint density at radius 3 is 2.59 bits per heavy atom. The summed E-state index contributed by atoms with van der Waals surface area (Å²) in [5, 5.41) is 10.4. The van der Waals surface area contributed by atoms with E-state index in [0.29, 0.717) is 25.9 Å². The number of aliphatic hydroxyl groups is 1. The third-order valence-electron chi connectivity index (χ3n) is 1.87. The number of hydrogen-bond donors (Lipinski definition) is 1. The molecule has 2 rings (SSSR count). The van der Waals surface area contributed by atoms with Crippen molar-refractivity contribution in [1.29, 1.82) is 0 Å². The molecule has 7 heteroatoms. The molecule has 0 spiro atoms. The van der Waals surface area contributed by atoms with E-state index in [2.05, 4.69) is 4.98 Å². The molecule has 1 heterocycles. The van der Waals surface area contributed by atoms with Crippen molar-refractivity contribution in [2.24, 2.45) is 0 Å². The lowest BCUT2D eigenvalue weighted by molar-refractivity contribution is 0.285. The number of halogens is 3. The topological polar surface area (TPSA) is 42.4 Å². The van der Waals surface area contributed by atoms with E-state index >= 15 is 0 Å². The van der Waals surface area contributed by atoms with Crippen molar-refractivity contribution < 1.29 is 9.84 Å². The van der Waals surface area contributed by atoms with Crippen LogP contribution >= 0.6 is 46.1 Å². The zero-order valence-electron chi connectivity index (χ0n) is 8.28. The highest BCUT2D eigenvalue weighted by molar-refractivity contribution is 7.13. The predicted molar refractivity (Wildman–Crippen MR) is 69.6 cm³/mol. The van der Waals surface area contributed by atoms with Crippen LogP contribution in [0.4, 0.5) is 0 Å². The van der Waals surface area contributed by atoms with Crippen LogP contribution in [0, 0.1) is 0 Å². The second-order valence-corrected chi connectivity index (χ2v) is 5.25. The fourth-order valence-electron chi connectivity index (χ4n) is 1.10. The van der Waals surface area contributed by atoms with E-state index in [1.807, 2.05) is 0 Å². The minimum atomic E-state index is -0.165. The molecule has 3 nitrogen and oxygen atoms in total. The molecule has 17 heavy (non-hydrogen) atoms. The second-order valence-electron chi connectivity index (χ2n) is 3.03. The fraction of sp³-hybridized carbons (Fsp3) is 0.100. The molecular formula is C10H6Cl3NO2S. The second kappa shape index (κ2) is 5.42. The zero-order chi connectivity index (χ0) is 12.4. The number of nitrogens with zero attached hydrogens (tertiary/aromatic N) is 1. The number of hydrogen-bond acceptors (Lipinski definition) is 4. The number of aromatic nitrogens is 1. The van der Waals surface area contributed by atoms with Crippen molar-refractivity contribution in [3.8, 4) is 10.9 Å². The van der Waals surface area contributed by atoms with Crippen LogP contribution < -0.4 is 4.74 Å². The molecule has 2 aromatic rings. The van der Waals surface area contributed by atoms with Crippen molar-refractivity contribution in [2.75, 3.05) is 0 Å². The molecule has 0 saturated heterocycles. The van der Waals surface area contributed by atoms with Gasteiger partial charge >= 0.3 is 0 Å². The van der Waals surface area contributed by atoms with Gasteiger partial charge < -0.3 is 9.84 Å². The summed E-state index contributed by atoms with van der Waals surface area (Å²) in [4.78, 5) is 4.51. The molecule has 90 valence electrons. The molecule has 1 aromatic carbocycles. The van der Waals surface area contributed by atoms with Crippen molar-refractivity contribution in [1.82, 2.24) is 4.98 Å². The molecule has 0 amide bonds. The van der Waals surface area contributed by atoms with Gasteiger partial charge in [-0.05, 0) is 12.1 Å². The van der Waals surface area contributed by atoms with Crippen molar-refractivity contribution in [3.05, 3.63) is 38.3 Å². The minimum Gasteiger partial charge on any atom is -0.431 e. The SMILES string of the molecule is OCc1sc(Oc2ccc(Cl)c(Cl)c2)nc1Cl. The van der Waals surface area contributed by atoms with Gasteiger partial charge in [-0.15, -0.1) is 0 Å². The molecule has 0 aliphatic carbocycles. The molecule has 0 aliphatic rings. The monoisotopic (exact) mass is 309 g/mol. The number of benzene rings is 1. The van der Waals surface area contributed by atoms with E-state index in [9.17, 15) is 0 Å². The maximum Gasteiger partial charge on any atom is 0.280 e. The molecule has 0 radical (unpaired) electrons. The summed E-state index contributed by atoms with van der Waals surface area (Å²) < 4.78 is 5.45. The number of thiazole rings is 1. The molecule has 0 saturated carbocycles. The zero-order valence-corrected chi connectivity index (χ0v) is 11.4. The third kappa shape index (κ3) is 3.03. The molecule has 1 N–H and O–H groups in total. The van der Waals surface area contributed by atoms with Crippen LogP contribution in [0.2, 0.25) is 15.2 Å². The molecule has 0 unspecified atom stereocenters. The van der Waals surface area contributed by atoms with E-state index < -0.39 is 0 Å². The summed E-state index contributed by atoms with van der Waals surface area (Å²) in [6, 6.07) is 4.88. The lowest BCUT2D eigenvalue weighted by atomic mass is 10.3. The lowest BCUT2D eigenvalue weighted by Gasteiger charge is -2.02. The molecule has 0 bridgehead atoms. The van der Waals surface area contributed by atoms with Gasteiger partial charge in [-0.25, -0.2) is 0 Å². The quantitative estimate of drug-likeness (QED) is 0.914. The average Bonchev–Trinajstić information content (AvgIpc) is 2.64. The molecule has 1 aromatic heterocycles. The average molecular weight is 311 g/mol. The molecule has 0 aliphatic heterocycles. The Balaban J connectivity index is 2.22. The summed E-state index contributed by atoms with van der Waals surface area (Å²) in [6.07, 6.45) is 0. The maximum absolute atomic E-state index is 8.97. The van der Waals surface area contributed by atoms with Crippen LogP contribution in [-0.4, -0.2) is 10.1 Å². The van der Waals surface area contributed by atoms with E-state index in [4.69, 9.17) is 44.6 Å². The Labute approximate surface area is 117 Å². The fourth-order valence-corrected chi connectivity index (χ4v) is 2.37.